The molecular formula is C23H26FNO3. The van der Waals surface area contributed by atoms with Crippen molar-refractivity contribution >= 4 is 5.91 Å². The van der Waals surface area contributed by atoms with E-state index in [1.165, 1.54) is 6.07 Å². The van der Waals surface area contributed by atoms with Gasteiger partial charge in [-0.15, -0.1) is 0 Å². The molecule has 0 radical (unpaired) electrons. The summed E-state index contributed by atoms with van der Waals surface area (Å²) in [4.78, 5) is 14.9. The average molecular weight is 383 g/mol. The summed E-state index contributed by atoms with van der Waals surface area (Å²) in [7, 11) is 0. The van der Waals surface area contributed by atoms with Gasteiger partial charge in [-0.25, -0.2) is 4.39 Å². The topological polar surface area (TPSA) is 38.8 Å². The van der Waals surface area contributed by atoms with E-state index >= 15 is 0 Å². The molecule has 148 valence electrons. The van der Waals surface area contributed by atoms with Crippen molar-refractivity contribution in [1.29, 1.82) is 0 Å². The van der Waals surface area contributed by atoms with Crippen LogP contribution in [0.25, 0.3) is 0 Å². The molecule has 0 aliphatic carbocycles. The van der Waals surface area contributed by atoms with Crippen LogP contribution < -0.4 is 4.74 Å². The average Bonchev–Trinajstić information content (AvgIpc) is 3.38. The lowest BCUT2D eigenvalue weighted by atomic mass is 10.0. The van der Waals surface area contributed by atoms with Gasteiger partial charge in [-0.1, -0.05) is 12.1 Å². The maximum Gasteiger partial charge on any atom is 0.254 e. The van der Waals surface area contributed by atoms with Gasteiger partial charge in [0.05, 0.1) is 6.10 Å². The highest BCUT2D eigenvalue weighted by Gasteiger charge is 2.29. The molecule has 0 saturated carbocycles. The minimum Gasteiger partial charge on any atom is -0.491 e. The van der Waals surface area contributed by atoms with Crippen molar-refractivity contribution < 1.29 is 18.7 Å². The lowest BCUT2D eigenvalue weighted by molar-refractivity contribution is 0.0678. The molecule has 2 aromatic carbocycles. The molecule has 0 N–H and O–H groups in total. The Morgan fingerprint density at radius 3 is 2.75 bits per heavy atom. The second-order valence-corrected chi connectivity index (χ2v) is 7.60. The van der Waals surface area contributed by atoms with Crippen molar-refractivity contribution in [2.45, 2.75) is 44.2 Å². The molecule has 4 rings (SSSR count). The molecule has 2 aliphatic rings. The number of carbonyl (C=O) groups excluding carboxylic acids is 1. The first-order valence-corrected chi connectivity index (χ1v) is 10.1. The van der Waals surface area contributed by atoms with E-state index in [0.717, 1.165) is 50.1 Å². The lowest BCUT2D eigenvalue weighted by Gasteiger charge is -2.25. The first-order valence-electron chi connectivity index (χ1n) is 10.1. The largest absolute Gasteiger partial charge is 0.491 e. The predicted octanol–water partition coefficient (Wildman–Crippen LogP) is 4.23. The Morgan fingerprint density at radius 2 is 2.00 bits per heavy atom. The maximum absolute atomic E-state index is 13.5. The van der Waals surface area contributed by atoms with Crippen LogP contribution in [0.2, 0.25) is 0 Å². The quantitative estimate of drug-likeness (QED) is 0.749. The van der Waals surface area contributed by atoms with Gasteiger partial charge < -0.3 is 14.4 Å². The predicted molar refractivity (Wildman–Crippen MR) is 105 cm³/mol. The molecule has 5 heteroatoms. The smallest absolute Gasteiger partial charge is 0.254 e. The summed E-state index contributed by atoms with van der Waals surface area (Å²) in [6.45, 7) is 2.11. The van der Waals surface area contributed by atoms with Crippen LogP contribution in [0.15, 0.2) is 48.5 Å². The summed E-state index contributed by atoms with van der Waals surface area (Å²) in [5.74, 6) is 0.557. The molecule has 2 unspecified atom stereocenters. The van der Waals surface area contributed by atoms with Crippen molar-refractivity contribution in [1.82, 2.24) is 4.90 Å². The van der Waals surface area contributed by atoms with Crippen LogP contribution in [0.5, 0.6) is 5.75 Å². The lowest BCUT2D eigenvalue weighted by Crippen LogP contribution is -2.36. The Balaban J connectivity index is 1.37. The number of hydrogen-bond donors (Lipinski definition) is 0. The first kappa shape index (κ1) is 18.9. The molecule has 0 bridgehead atoms. The highest BCUT2D eigenvalue weighted by molar-refractivity contribution is 5.94. The van der Waals surface area contributed by atoms with E-state index in [1.807, 2.05) is 35.2 Å². The monoisotopic (exact) mass is 383 g/mol. The fourth-order valence-electron chi connectivity index (χ4n) is 4.08. The van der Waals surface area contributed by atoms with Crippen molar-refractivity contribution in [2.24, 2.45) is 0 Å². The van der Waals surface area contributed by atoms with Gasteiger partial charge in [-0.3, -0.25) is 4.79 Å². The van der Waals surface area contributed by atoms with Gasteiger partial charge in [-0.2, -0.15) is 0 Å². The van der Waals surface area contributed by atoms with E-state index < -0.39 is 0 Å². The molecule has 28 heavy (non-hydrogen) atoms. The molecule has 2 aliphatic heterocycles. The Bertz CT molecular complexity index is 802. The molecule has 0 spiro atoms. The summed E-state index contributed by atoms with van der Waals surface area (Å²) in [5.41, 5.74) is 1.60. The molecule has 2 saturated heterocycles. The van der Waals surface area contributed by atoms with Gasteiger partial charge in [0.25, 0.3) is 5.91 Å². The minimum absolute atomic E-state index is 0.0320. The number of hydrogen-bond acceptors (Lipinski definition) is 3. The zero-order valence-corrected chi connectivity index (χ0v) is 16.0. The van der Waals surface area contributed by atoms with E-state index in [2.05, 4.69) is 0 Å². The number of halogens is 1. The third kappa shape index (κ3) is 4.53. The number of nitrogens with zero attached hydrogens (tertiary/aromatic N) is 1. The van der Waals surface area contributed by atoms with E-state index in [0.29, 0.717) is 18.6 Å². The summed E-state index contributed by atoms with van der Waals surface area (Å²) in [6, 6.07) is 14.1. The van der Waals surface area contributed by atoms with Crippen LogP contribution in [0.3, 0.4) is 0 Å². The third-order valence-electron chi connectivity index (χ3n) is 5.56. The van der Waals surface area contributed by atoms with Gasteiger partial charge in [0.1, 0.15) is 18.2 Å². The van der Waals surface area contributed by atoms with Crippen LogP contribution >= 0.6 is 0 Å². The summed E-state index contributed by atoms with van der Waals surface area (Å²) < 4.78 is 24.8. The number of rotatable bonds is 6. The highest BCUT2D eigenvalue weighted by Crippen LogP contribution is 2.25. The van der Waals surface area contributed by atoms with E-state index in [4.69, 9.17) is 9.47 Å². The maximum atomic E-state index is 13.5. The molecule has 2 atom stereocenters. The second-order valence-electron chi connectivity index (χ2n) is 7.60. The van der Waals surface area contributed by atoms with Crippen LogP contribution in [-0.2, 0) is 11.2 Å². The molecule has 2 heterocycles. The van der Waals surface area contributed by atoms with Crippen molar-refractivity contribution in [3.05, 3.63) is 65.5 Å². The first-order chi connectivity index (χ1) is 13.7. The van der Waals surface area contributed by atoms with Crippen molar-refractivity contribution in [3.63, 3.8) is 0 Å². The number of likely N-dealkylation sites (tertiary alicyclic amines) is 1. The molecule has 2 fully saturated rings. The van der Waals surface area contributed by atoms with E-state index in [9.17, 15) is 9.18 Å². The molecule has 1 amide bonds. The third-order valence-corrected chi connectivity index (χ3v) is 5.56. The Morgan fingerprint density at radius 1 is 1.14 bits per heavy atom. The van der Waals surface area contributed by atoms with Crippen molar-refractivity contribution in [3.8, 4) is 5.75 Å². The van der Waals surface area contributed by atoms with Crippen molar-refractivity contribution in [2.75, 3.05) is 19.8 Å². The summed E-state index contributed by atoms with van der Waals surface area (Å²) in [5, 5.41) is 0. The van der Waals surface area contributed by atoms with Gasteiger partial charge in [0, 0.05) is 24.8 Å². The molecule has 2 aromatic rings. The Hall–Kier alpha value is -2.40. The number of benzene rings is 2. The summed E-state index contributed by atoms with van der Waals surface area (Å²) >= 11 is 0. The van der Waals surface area contributed by atoms with Gasteiger partial charge in [0.15, 0.2) is 0 Å². The normalized spacial score (nSPS) is 21.8. The van der Waals surface area contributed by atoms with Crippen LogP contribution in [0.4, 0.5) is 4.39 Å². The van der Waals surface area contributed by atoms with Gasteiger partial charge >= 0.3 is 0 Å². The Labute approximate surface area is 165 Å². The SMILES string of the molecule is O=C(c1ccc(OCC2CCCO2)cc1)N1CCCC1Cc1cccc(F)c1. The van der Waals surface area contributed by atoms with Gasteiger partial charge in [0.2, 0.25) is 0 Å². The number of ether oxygens (including phenoxy) is 2. The molecule has 4 nitrogen and oxygen atoms in total. The van der Waals surface area contributed by atoms with Crippen LogP contribution in [-0.4, -0.2) is 42.7 Å². The zero-order valence-electron chi connectivity index (χ0n) is 16.0. The standard InChI is InChI=1S/C23H26FNO3/c24-19-5-1-4-17(14-19)15-20-6-2-12-25(20)23(26)18-8-10-21(11-9-18)28-16-22-7-3-13-27-22/h1,4-5,8-11,14,20,22H,2-3,6-7,12-13,15-16H2. The molecule has 0 aromatic heterocycles. The Kier molecular flexibility index (Phi) is 5.91. The van der Waals surface area contributed by atoms with E-state index in [1.54, 1.807) is 12.1 Å². The fourth-order valence-corrected chi connectivity index (χ4v) is 4.08. The summed E-state index contributed by atoms with van der Waals surface area (Å²) in [6.07, 6.45) is 4.92. The fraction of sp³-hybridized carbons (Fsp3) is 0.435. The van der Waals surface area contributed by atoms with E-state index in [-0.39, 0.29) is 23.9 Å². The second kappa shape index (κ2) is 8.74. The van der Waals surface area contributed by atoms with Gasteiger partial charge in [-0.05, 0) is 74.1 Å². The zero-order chi connectivity index (χ0) is 19.3. The molecular weight excluding hydrogens is 357 g/mol. The minimum atomic E-state index is -0.230. The van der Waals surface area contributed by atoms with Crippen LogP contribution in [0.1, 0.15) is 41.6 Å². The number of carbonyl (C=O) groups is 1. The number of amides is 1. The van der Waals surface area contributed by atoms with Crippen LogP contribution in [0, 0.1) is 5.82 Å². The highest BCUT2D eigenvalue weighted by atomic mass is 19.1.